The Morgan fingerprint density at radius 3 is 1.04 bits per heavy atom. The zero-order valence-corrected chi connectivity index (χ0v) is 20.6. The molecule has 0 aromatic carbocycles. The summed E-state index contributed by atoms with van der Waals surface area (Å²) in [7, 11) is 4.45. The lowest BCUT2D eigenvalue weighted by molar-refractivity contribution is -0.890. The molecule has 28 heavy (non-hydrogen) atoms. The average molecular weight is 420 g/mol. The van der Waals surface area contributed by atoms with E-state index in [-0.39, 0.29) is 12.4 Å². The summed E-state index contributed by atoms with van der Waals surface area (Å²) < 4.78 is 0.968. The molecule has 0 rings (SSSR count). The maximum absolute atomic E-state index is 9.04. The largest absolute Gasteiger partial charge is 1.00 e. The Bertz CT molecular complexity index is 284. The van der Waals surface area contributed by atoms with Gasteiger partial charge in [0.2, 0.25) is 0 Å². The first-order valence-corrected chi connectivity index (χ1v) is 12.6. The Kier molecular flexibility index (Phi) is 25.5. The fraction of sp³-hybridized carbons (Fsp3) is 1.00. The van der Waals surface area contributed by atoms with E-state index in [4.69, 9.17) is 5.11 Å². The number of hydrogen-bond acceptors (Lipinski definition) is 1. The smallest absolute Gasteiger partial charge is 0.102 e. The van der Waals surface area contributed by atoms with Crippen molar-refractivity contribution in [3.63, 3.8) is 0 Å². The molecule has 0 spiro atoms. The van der Waals surface area contributed by atoms with E-state index >= 15 is 0 Å². The summed E-state index contributed by atoms with van der Waals surface area (Å²) in [5.41, 5.74) is 0. The van der Waals surface area contributed by atoms with Crippen LogP contribution in [0.1, 0.15) is 129 Å². The van der Waals surface area contributed by atoms with Crippen LogP contribution < -0.4 is 12.4 Å². The summed E-state index contributed by atoms with van der Waals surface area (Å²) in [4.78, 5) is 0. The second kappa shape index (κ2) is 23.5. The first-order chi connectivity index (χ1) is 13.1. The van der Waals surface area contributed by atoms with E-state index in [0.29, 0.717) is 6.61 Å². The summed E-state index contributed by atoms with van der Waals surface area (Å²) in [5, 5.41) is 9.04. The van der Waals surface area contributed by atoms with Crippen molar-refractivity contribution in [1.29, 1.82) is 0 Å². The van der Waals surface area contributed by atoms with Gasteiger partial charge in [0.15, 0.2) is 0 Å². The third kappa shape index (κ3) is 24.2. The molecule has 0 fully saturated rings. The molecule has 0 bridgehead atoms. The predicted octanol–water partition coefficient (Wildman–Crippen LogP) is 4.49. The van der Waals surface area contributed by atoms with Gasteiger partial charge in [0.25, 0.3) is 0 Å². The van der Waals surface area contributed by atoms with Gasteiger partial charge in [-0.2, -0.15) is 0 Å². The summed E-state index contributed by atoms with van der Waals surface area (Å²) in [6.45, 7) is 4.70. The van der Waals surface area contributed by atoms with E-state index in [2.05, 4.69) is 21.0 Å². The molecule has 0 radical (unpaired) electrons. The highest BCUT2D eigenvalue weighted by Gasteiger charge is 2.12. The molecule has 0 aliphatic carbocycles. The normalized spacial score (nSPS) is 11.6. The molecule has 0 aliphatic heterocycles. The van der Waals surface area contributed by atoms with E-state index < -0.39 is 0 Å². The molecule has 0 unspecified atom stereocenters. The zero-order chi connectivity index (χ0) is 20.1. The Morgan fingerprint density at radius 2 is 0.750 bits per heavy atom. The number of rotatable bonds is 22. The number of hydrogen-bond donors (Lipinski definition) is 1. The Morgan fingerprint density at radius 1 is 0.464 bits per heavy atom. The molecule has 0 amide bonds. The van der Waals surface area contributed by atoms with Crippen LogP contribution in [0.3, 0.4) is 0 Å². The third-order valence-corrected chi connectivity index (χ3v) is 6.07. The van der Waals surface area contributed by atoms with Crippen molar-refractivity contribution in [1.82, 2.24) is 0 Å². The van der Waals surface area contributed by atoms with Crippen LogP contribution in [0.25, 0.3) is 0 Å². The van der Waals surface area contributed by atoms with Crippen LogP contribution in [0.15, 0.2) is 0 Å². The van der Waals surface area contributed by atoms with E-state index in [1.54, 1.807) is 0 Å². The summed E-state index contributed by atoms with van der Waals surface area (Å²) in [5.74, 6) is 0. The van der Waals surface area contributed by atoms with Crippen LogP contribution in [-0.2, 0) is 0 Å². The number of quaternary nitrogens is 1. The van der Waals surface area contributed by atoms with Gasteiger partial charge in [0.1, 0.15) is 6.54 Å². The molecule has 0 aromatic rings. The van der Waals surface area contributed by atoms with Gasteiger partial charge in [-0.3, -0.25) is 0 Å². The summed E-state index contributed by atoms with van der Waals surface area (Å²) >= 11 is 0. The van der Waals surface area contributed by atoms with Gasteiger partial charge < -0.3 is 22.0 Å². The number of halogens is 1. The van der Waals surface area contributed by atoms with Gasteiger partial charge in [-0.1, -0.05) is 116 Å². The second-order valence-corrected chi connectivity index (χ2v) is 9.47. The molecule has 1 N–H and O–H groups in total. The van der Waals surface area contributed by atoms with Gasteiger partial charge in [-0.25, -0.2) is 0 Å². The van der Waals surface area contributed by atoms with Gasteiger partial charge in [-0.05, 0) is 12.8 Å². The number of aliphatic hydroxyl groups excluding tert-OH is 1. The van der Waals surface area contributed by atoms with Gasteiger partial charge >= 0.3 is 0 Å². The molecular weight excluding hydrogens is 366 g/mol. The molecule has 3 heteroatoms. The molecule has 2 nitrogen and oxygen atoms in total. The van der Waals surface area contributed by atoms with Crippen LogP contribution in [0.2, 0.25) is 0 Å². The molecule has 0 heterocycles. The van der Waals surface area contributed by atoms with Gasteiger partial charge in [0, 0.05) is 0 Å². The Labute approximate surface area is 184 Å². The minimum Gasteiger partial charge on any atom is -1.00 e. The first kappa shape index (κ1) is 30.4. The van der Waals surface area contributed by atoms with Crippen LogP contribution in [0.4, 0.5) is 0 Å². The van der Waals surface area contributed by atoms with E-state index in [0.717, 1.165) is 11.0 Å². The standard InChI is InChI=1S/C25H54NO.ClH/c1-4-5-6-7-8-9-10-11-12-13-14-15-16-17-18-19-20-21-22-23-26(2,3)24-25-27;/h27H,4-25H2,1-3H3;1H/q+1;/p-1. The highest BCUT2D eigenvalue weighted by molar-refractivity contribution is 4.50. The average Bonchev–Trinajstić information content (AvgIpc) is 2.63. The maximum Gasteiger partial charge on any atom is 0.102 e. The quantitative estimate of drug-likeness (QED) is 0.202. The highest BCUT2D eigenvalue weighted by Crippen LogP contribution is 2.14. The van der Waals surface area contributed by atoms with Crippen molar-refractivity contribution < 1.29 is 22.0 Å². The van der Waals surface area contributed by atoms with Crippen molar-refractivity contribution in [2.75, 3.05) is 33.8 Å². The molecule has 0 aromatic heterocycles. The SMILES string of the molecule is CCCCCCCCCCCCCCCCCCCCC[N+](C)(C)CCO.[Cl-]. The molecule has 0 atom stereocenters. The van der Waals surface area contributed by atoms with E-state index in [9.17, 15) is 0 Å². The van der Waals surface area contributed by atoms with Crippen LogP contribution in [0, 0.1) is 0 Å². The highest BCUT2D eigenvalue weighted by atomic mass is 35.5. The number of nitrogens with zero attached hydrogens (tertiary/aromatic N) is 1. The molecule has 172 valence electrons. The van der Waals surface area contributed by atoms with Crippen molar-refractivity contribution in [2.24, 2.45) is 0 Å². The number of aliphatic hydroxyl groups is 1. The summed E-state index contributed by atoms with van der Waals surface area (Å²) in [6.07, 6.45) is 27.3. The second-order valence-electron chi connectivity index (χ2n) is 9.47. The summed E-state index contributed by atoms with van der Waals surface area (Å²) in [6, 6.07) is 0. The fourth-order valence-corrected chi connectivity index (χ4v) is 4.00. The van der Waals surface area contributed by atoms with E-state index in [1.165, 1.54) is 129 Å². The lowest BCUT2D eigenvalue weighted by Gasteiger charge is -2.28. The lowest BCUT2D eigenvalue weighted by atomic mass is 10.0. The van der Waals surface area contributed by atoms with Crippen molar-refractivity contribution in [3.05, 3.63) is 0 Å². The lowest BCUT2D eigenvalue weighted by Crippen LogP contribution is -3.00. The van der Waals surface area contributed by atoms with E-state index in [1.807, 2.05) is 0 Å². The first-order valence-electron chi connectivity index (χ1n) is 12.6. The predicted molar refractivity (Wildman–Crippen MR) is 122 cm³/mol. The fourth-order valence-electron chi connectivity index (χ4n) is 4.00. The topological polar surface area (TPSA) is 20.2 Å². The Hall–Kier alpha value is 0.210. The van der Waals surface area contributed by atoms with Gasteiger partial charge in [-0.15, -0.1) is 0 Å². The maximum atomic E-state index is 9.04. The molecule has 0 saturated heterocycles. The van der Waals surface area contributed by atoms with Crippen molar-refractivity contribution in [3.8, 4) is 0 Å². The molecule has 0 saturated carbocycles. The molecular formula is C25H54ClNO. The molecule has 0 aliphatic rings. The van der Waals surface area contributed by atoms with Crippen molar-refractivity contribution >= 4 is 0 Å². The number of unbranched alkanes of at least 4 members (excludes halogenated alkanes) is 18. The van der Waals surface area contributed by atoms with Crippen LogP contribution in [-0.4, -0.2) is 43.4 Å². The van der Waals surface area contributed by atoms with Crippen LogP contribution >= 0.6 is 0 Å². The minimum atomic E-state index is 0. The monoisotopic (exact) mass is 419 g/mol. The Balaban J connectivity index is 0. The zero-order valence-electron chi connectivity index (χ0n) is 19.8. The van der Waals surface area contributed by atoms with Crippen LogP contribution in [0.5, 0.6) is 0 Å². The van der Waals surface area contributed by atoms with Gasteiger partial charge in [0.05, 0.1) is 27.2 Å². The van der Waals surface area contributed by atoms with Crippen molar-refractivity contribution in [2.45, 2.75) is 129 Å². The third-order valence-electron chi connectivity index (χ3n) is 6.07. The number of likely N-dealkylation sites (N-methyl/N-ethyl adjacent to an activating group) is 1. The minimum absolute atomic E-state index is 0.